The molecule has 0 radical (unpaired) electrons. The number of hydrogen-bond donors (Lipinski definition) is 1. The second kappa shape index (κ2) is 5.16. The molecular formula is C15H26N2O4. The van der Waals surface area contributed by atoms with Crippen LogP contribution in [0.15, 0.2) is 0 Å². The third-order valence-corrected chi connectivity index (χ3v) is 4.84. The molecule has 2 bridgehead atoms. The molecule has 120 valence electrons. The minimum absolute atomic E-state index is 0.227. The lowest BCUT2D eigenvalue weighted by Gasteiger charge is -2.47. The average Bonchev–Trinajstić information content (AvgIpc) is 2.59. The zero-order chi connectivity index (χ0) is 16.0. The number of ether oxygens (including phenoxy) is 1. The van der Waals surface area contributed by atoms with Gasteiger partial charge in [0.15, 0.2) is 0 Å². The van der Waals surface area contributed by atoms with Crippen molar-refractivity contribution in [2.75, 3.05) is 14.1 Å². The first-order valence-electron chi connectivity index (χ1n) is 7.49. The molecular weight excluding hydrogens is 272 g/mol. The summed E-state index contributed by atoms with van der Waals surface area (Å²) in [5.74, 6) is -0.930. The molecule has 0 saturated carbocycles. The van der Waals surface area contributed by atoms with E-state index in [1.807, 2.05) is 7.05 Å². The maximum absolute atomic E-state index is 12.3. The zero-order valence-electron chi connectivity index (χ0n) is 13.5. The summed E-state index contributed by atoms with van der Waals surface area (Å²) in [6.07, 6.45) is 2.36. The molecule has 0 aliphatic carbocycles. The van der Waals surface area contributed by atoms with Crippen LogP contribution in [0.2, 0.25) is 0 Å². The standard InChI is InChI=1S/C15H26N2O4/c1-14(2,3)21-13(20)17(5)15(12(18)19)8-10-6-7-11(9-15)16(10)4/h10-11H,6-9H2,1-5H3,(H,18,19). The summed E-state index contributed by atoms with van der Waals surface area (Å²) in [5, 5.41) is 9.79. The Labute approximate surface area is 126 Å². The smallest absolute Gasteiger partial charge is 0.410 e. The highest BCUT2D eigenvalue weighted by molar-refractivity contribution is 5.84. The average molecular weight is 298 g/mol. The van der Waals surface area contributed by atoms with E-state index >= 15 is 0 Å². The lowest BCUT2D eigenvalue weighted by atomic mass is 9.82. The normalized spacial score (nSPS) is 32.8. The Morgan fingerprint density at radius 1 is 1.24 bits per heavy atom. The van der Waals surface area contributed by atoms with Crippen molar-refractivity contribution in [1.29, 1.82) is 0 Å². The zero-order valence-corrected chi connectivity index (χ0v) is 13.5. The van der Waals surface area contributed by atoms with Crippen molar-refractivity contribution in [2.45, 2.75) is 69.7 Å². The number of amides is 1. The molecule has 0 aromatic rings. The van der Waals surface area contributed by atoms with Crippen molar-refractivity contribution in [3.8, 4) is 0 Å². The molecule has 2 heterocycles. The summed E-state index contributed by atoms with van der Waals surface area (Å²) in [5.41, 5.74) is -1.78. The van der Waals surface area contributed by atoms with Gasteiger partial charge in [0.2, 0.25) is 0 Å². The van der Waals surface area contributed by atoms with E-state index in [2.05, 4.69) is 4.90 Å². The summed E-state index contributed by atoms with van der Waals surface area (Å²) < 4.78 is 5.36. The second-order valence-electron chi connectivity index (χ2n) is 7.33. The highest BCUT2D eigenvalue weighted by Crippen LogP contribution is 2.42. The number of carboxylic acids is 1. The van der Waals surface area contributed by atoms with Crippen molar-refractivity contribution in [2.24, 2.45) is 0 Å². The predicted molar refractivity (Wildman–Crippen MR) is 78.2 cm³/mol. The van der Waals surface area contributed by atoms with Gasteiger partial charge in [-0.25, -0.2) is 9.59 Å². The highest BCUT2D eigenvalue weighted by Gasteiger charge is 2.55. The van der Waals surface area contributed by atoms with Crippen LogP contribution in [0.1, 0.15) is 46.5 Å². The highest BCUT2D eigenvalue weighted by atomic mass is 16.6. The van der Waals surface area contributed by atoms with Gasteiger partial charge < -0.3 is 14.7 Å². The molecule has 2 saturated heterocycles. The van der Waals surface area contributed by atoms with Crippen molar-refractivity contribution >= 4 is 12.1 Å². The van der Waals surface area contributed by atoms with E-state index < -0.39 is 23.2 Å². The van der Waals surface area contributed by atoms with Crippen LogP contribution in [0.25, 0.3) is 0 Å². The van der Waals surface area contributed by atoms with Crippen LogP contribution in [0.5, 0.6) is 0 Å². The fraction of sp³-hybridized carbons (Fsp3) is 0.867. The first-order valence-corrected chi connectivity index (χ1v) is 7.49. The molecule has 0 aromatic heterocycles. The van der Waals surface area contributed by atoms with Gasteiger partial charge in [-0.05, 0) is 53.5 Å². The quantitative estimate of drug-likeness (QED) is 0.843. The van der Waals surface area contributed by atoms with Crippen molar-refractivity contribution in [3.63, 3.8) is 0 Å². The molecule has 1 N–H and O–H groups in total. The van der Waals surface area contributed by atoms with Crippen LogP contribution < -0.4 is 0 Å². The molecule has 1 amide bonds. The summed E-state index contributed by atoms with van der Waals surface area (Å²) in [7, 11) is 3.59. The van der Waals surface area contributed by atoms with Gasteiger partial charge in [-0.1, -0.05) is 0 Å². The molecule has 2 rings (SSSR count). The van der Waals surface area contributed by atoms with Crippen LogP contribution in [0.4, 0.5) is 4.79 Å². The SMILES string of the molecule is CN1C2CCC1CC(C(=O)O)(N(C)C(=O)OC(C)(C)C)C2. The third-order valence-electron chi connectivity index (χ3n) is 4.84. The van der Waals surface area contributed by atoms with E-state index in [1.54, 1.807) is 27.8 Å². The topological polar surface area (TPSA) is 70.1 Å². The van der Waals surface area contributed by atoms with E-state index in [-0.39, 0.29) is 12.1 Å². The van der Waals surface area contributed by atoms with Crippen LogP contribution in [0.3, 0.4) is 0 Å². The summed E-state index contributed by atoms with van der Waals surface area (Å²) in [6, 6.07) is 0.453. The Kier molecular flexibility index (Phi) is 3.95. The number of hydrogen-bond acceptors (Lipinski definition) is 4. The molecule has 0 aromatic carbocycles. The Balaban J connectivity index is 2.23. The fourth-order valence-electron chi connectivity index (χ4n) is 3.54. The lowest BCUT2D eigenvalue weighted by Crippen LogP contribution is -2.63. The largest absolute Gasteiger partial charge is 0.479 e. The summed E-state index contributed by atoms with van der Waals surface area (Å²) in [6.45, 7) is 5.35. The van der Waals surface area contributed by atoms with Gasteiger partial charge in [0.25, 0.3) is 0 Å². The van der Waals surface area contributed by atoms with Gasteiger partial charge >= 0.3 is 12.1 Å². The molecule has 6 heteroatoms. The Morgan fingerprint density at radius 2 is 1.71 bits per heavy atom. The van der Waals surface area contributed by atoms with Gasteiger partial charge in [0.1, 0.15) is 11.1 Å². The van der Waals surface area contributed by atoms with Crippen molar-refractivity contribution in [1.82, 2.24) is 9.80 Å². The molecule has 2 fully saturated rings. The van der Waals surface area contributed by atoms with Crippen LogP contribution in [-0.4, -0.2) is 64.3 Å². The van der Waals surface area contributed by atoms with Gasteiger partial charge in [-0.15, -0.1) is 0 Å². The number of likely N-dealkylation sites (N-methyl/N-ethyl adjacent to an activating group) is 1. The number of piperidine rings is 1. The van der Waals surface area contributed by atoms with Crippen molar-refractivity contribution in [3.05, 3.63) is 0 Å². The Hall–Kier alpha value is -1.30. The number of carbonyl (C=O) groups excluding carboxylic acids is 1. The summed E-state index contributed by atoms with van der Waals surface area (Å²) in [4.78, 5) is 27.8. The second-order valence-corrected chi connectivity index (χ2v) is 7.33. The van der Waals surface area contributed by atoms with Crippen molar-refractivity contribution < 1.29 is 19.4 Å². The summed E-state index contributed by atoms with van der Waals surface area (Å²) >= 11 is 0. The van der Waals surface area contributed by atoms with Gasteiger partial charge in [-0.3, -0.25) is 4.90 Å². The molecule has 2 aliphatic rings. The van der Waals surface area contributed by atoms with Crippen LogP contribution >= 0.6 is 0 Å². The minimum atomic E-state index is -1.15. The molecule has 21 heavy (non-hydrogen) atoms. The molecule has 2 atom stereocenters. The Morgan fingerprint density at radius 3 is 2.10 bits per heavy atom. The van der Waals surface area contributed by atoms with Crippen LogP contribution in [-0.2, 0) is 9.53 Å². The maximum Gasteiger partial charge on any atom is 0.410 e. The maximum atomic E-state index is 12.3. The third kappa shape index (κ3) is 2.86. The molecule has 6 nitrogen and oxygen atoms in total. The first-order chi connectivity index (χ1) is 9.57. The number of carboxylic acid groups (broad SMARTS) is 1. The fourth-order valence-corrected chi connectivity index (χ4v) is 3.54. The molecule has 2 aliphatic heterocycles. The monoisotopic (exact) mass is 298 g/mol. The predicted octanol–water partition coefficient (Wildman–Crippen LogP) is 1.93. The number of nitrogens with zero attached hydrogens (tertiary/aromatic N) is 2. The number of rotatable bonds is 2. The van der Waals surface area contributed by atoms with Crippen LogP contribution in [0, 0.1) is 0 Å². The van der Waals surface area contributed by atoms with Gasteiger partial charge in [-0.2, -0.15) is 0 Å². The Bertz CT molecular complexity index is 429. The van der Waals surface area contributed by atoms with Gasteiger partial charge in [0, 0.05) is 19.1 Å². The van der Waals surface area contributed by atoms with E-state index in [0.717, 1.165) is 12.8 Å². The lowest BCUT2D eigenvalue weighted by molar-refractivity contribution is -0.155. The van der Waals surface area contributed by atoms with E-state index in [1.165, 1.54) is 4.90 Å². The first kappa shape index (κ1) is 16.1. The van der Waals surface area contributed by atoms with Gasteiger partial charge in [0.05, 0.1) is 0 Å². The number of aliphatic carboxylic acids is 1. The van der Waals surface area contributed by atoms with E-state index in [4.69, 9.17) is 4.74 Å². The van der Waals surface area contributed by atoms with E-state index in [0.29, 0.717) is 12.8 Å². The van der Waals surface area contributed by atoms with E-state index in [9.17, 15) is 14.7 Å². The number of carbonyl (C=O) groups is 2. The number of fused-ring (bicyclic) bond motifs is 2. The molecule has 0 spiro atoms. The minimum Gasteiger partial charge on any atom is -0.479 e. The molecule has 2 unspecified atom stereocenters.